The molecule has 2 aromatic heterocycles. The van der Waals surface area contributed by atoms with Crippen molar-refractivity contribution in [2.45, 2.75) is 12.9 Å². The van der Waals surface area contributed by atoms with Crippen LogP contribution in [0.2, 0.25) is 0 Å². The van der Waals surface area contributed by atoms with E-state index in [4.69, 9.17) is 5.11 Å². The van der Waals surface area contributed by atoms with Gasteiger partial charge < -0.3 is 25.2 Å². The van der Waals surface area contributed by atoms with Crippen molar-refractivity contribution in [2.75, 3.05) is 24.6 Å². The number of rotatable bonds is 6. The first-order chi connectivity index (χ1) is 14.7. The van der Waals surface area contributed by atoms with Crippen LogP contribution >= 0.6 is 0 Å². The van der Waals surface area contributed by atoms with Crippen molar-refractivity contribution in [1.29, 1.82) is 0 Å². The molecule has 12 heteroatoms. The molecule has 0 atom stereocenters. The molecule has 1 aromatic carbocycles. The van der Waals surface area contributed by atoms with Gasteiger partial charge in [-0.3, -0.25) is 0 Å². The first-order valence-corrected chi connectivity index (χ1v) is 9.30. The Hall–Kier alpha value is -3.54. The molecule has 1 aliphatic heterocycles. The van der Waals surface area contributed by atoms with E-state index in [2.05, 4.69) is 20.1 Å². The zero-order valence-corrected chi connectivity index (χ0v) is 16.0. The zero-order chi connectivity index (χ0) is 22.2. The van der Waals surface area contributed by atoms with E-state index in [9.17, 15) is 23.1 Å². The Labute approximate surface area is 173 Å². The van der Waals surface area contributed by atoms with E-state index in [-0.39, 0.29) is 24.8 Å². The topological polar surface area (TPSA) is 113 Å². The molecular weight excluding hydrogens is 419 g/mol. The second-order valence-corrected chi connectivity index (χ2v) is 7.04. The van der Waals surface area contributed by atoms with Gasteiger partial charge in [0.1, 0.15) is 5.75 Å². The molecule has 0 aliphatic carbocycles. The van der Waals surface area contributed by atoms with Crippen LogP contribution in [0, 0.1) is 5.92 Å². The first-order valence-electron chi connectivity index (χ1n) is 9.30. The summed E-state index contributed by atoms with van der Waals surface area (Å²) in [4.78, 5) is 17.4. The Kier molecular flexibility index (Phi) is 5.31. The molecule has 0 saturated carbocycles. The standard InChI is InChI=1S/C19H18F3N5O4/c20-19(21,22)31-13-3-1-12(2-4-13)27-17-16(14(25-27)7-24-18(29)30)15(5-6-23-17)26-8-11(9-26)10-28/h1-6,11,24,28H,7-10H2,(H,29,30). The minimum absolute atomic E-state index is 0.0732. The number of hydrogen-bond acceptors (Lipinski definition) is 6. The van der Waals surface area contributed by atoms with E-state index < -0.39 is 12.5 Å². The van der Waals surface area contributed by atoms with Crippen molar-refractivity contribution in [3.63, 3.8) is 0 Å². The smallest absolute Gasteiger partial charge is 0.465 e. The third-order valence-corrected chi connectivity index (χ3v) is 4.90. The van der Waals surface area contributed by atoms with Crippen LogP contribution in [0.3, 0.4) is 0 Å². The number of ether oxygens (including phenoxy) is 1. The van der Waals surface area contributed by atoms with Crippen LogP contribution in [0.5, 0.6) is 5.75 Å². The summed E-state index contributed by atoms with van der Waals surface area (Å²) in [5, 5.41) is 25.7. The average Bonchev–Trinajstić information content (AvgIpc) is 3.04. The number of benzene rings is 1. The Morgan fingerprint density at radius 2 is 1.94 bits per heavy atom. The molecule has 164 valence electrons. The quantitative estimate of drug-likeness (QED) is 0.543. The molecule has 31 heavy (non-hydrogen) atoms. The third-order valence-electron chi connectivity index (χ3n) is 4.90. The van der Waals surface area contributed by atoms with E-state index in [0.717, 1.165) is 17.8 Å². The van der Waals surface area contributed by atoms with Gasteiger partial charge in [0, 0.05) is 31.8 Å². The SMILES string of the molecule is O=C(O)NCc1nn(-c2ccc(OC(F)(F)F)cc2)c2nccc(N3CC(CO)C3)c12. The zero-order valence-electron chi connectivity index (χ0n) is 16.0. The molecule has 4 rings (SSSR count). The molecule has 3 heterocycles. The molecule has 9 nitrogen and oxygen atoms in total. The molecule has 3 N–H and O–H groups in total. The number of nitrogens with one attached hydrogen (secondary N) is 1. The van der Waals surface area contributed by atoms with E-state index in [1.54, 1.807) is 12.3 Å². The van der Waals surface area contributed by atoms with Crippen molar-refractivity contribution >= 4 is 22.8 Å². The average molecular weight is 437 g/mol. The summed E-state index contributed by atoms with van der Waals surface area (Å²) in [6, 6.07) is 6.92. The van der Waals surface area contributed by atoms with Crippen LogP contribution in [0.1, 0.15) is 5.69 Å². The number of carbonyl (C=O) groups is 1. The predicted molar refractivity (Wildman–Crippen MR) is 103 cm³/mol. The van der Waals surface area contributed by atoms with Crippen molar-refractivity contribution in [1.82, 2.24) is 20.1 Å². The molecule has 1 fully saturated rings. The number of pyridine rings is 1. The Bertz CT molecular complexity index is 1090. The Morgan fingerprint density at radius 3 is 2.55 bits per heavy atom. The molecule has 0 radical (unpaired) electrons. The summed E-state index contributed by atoms with van der Waals surface area (Å²) in [7, 11) is 0. The third kappa shape index (κ3) is 4.33. The summed E-state index contributed by atoms with van der Waals surface area (Å²) < 4.78 is 42.6. The fraction of sp³-hybridized carbons (Fsp3) is 0.316. The number of anilines is 1. The van der Waals surface area contributed by atoms with Crippen LogP contribution in [-0.2, 0) is 6.54 Å². The lowest BCUT2D eigenvalue weighted by Gasteiger charge is -2.40. The van der Waals surface area contributed by atoms with Crippen LogP contribution in [0.15, 0.2) is 36.5 Å². The highest BCUT2D eigenvalue weighted by Gasteiger charge is 2.31. The lowest BCUT2D eigenvalue weighted by molar-refractivity contribution is -0.274. The Balaban J connectivity index is 1.74. The van der Waals surface area contributed by atoms with E-state index in [0.29, 0.717) is 35.5 Å². The largest absolute Gasteiger partial charge is 0.573 e. The number of halogens is 3. The van der Waals surface area contributed by atoms with Crippen molar-refractivity contribution in [3.8, 4) is 11.4 Å². The van der Waals surface area contributed by atoms with Gasteiger partial charge in [0.2, 0.25) is 0 Å². The number of hydrogen-bond donors (Lipinski definition) is 3. The molecule has 0 bridgehead atoms. The molecule has 3 aromatic rings. The van der Waals surface area contributed by atoms with Crippen molar-refractivity contribution < 1.29 is 32.9 Å². The van der Waals surface area contributed by atoms with Gasteiger partial charge in [-0.05, 0) is 30.3 Å². The van der Waals surface area contributed by atoms with Gasteiger partial charge in [-0.1, -0.05) is 0 Å². The maximum atomic E-state index is 12.4. The normalized spacial score (nSPS) is 14.5. The monoisotopic (exact) mass is 437 g/mol. The van der Waals surface area contributed by atoms with Gasteiger partial charge in [0.15, 0.2) is 5.65 Å². The van der Waals surface area contributed by atoms with E-state index >= 15 is 0 Å². The summed E-state index contributed by atoms with van der Waals surface area (Å²) in [5.41, 5.74) is 2.07. The lowest BCUT2D eigenvalue weighted by Crippen LogP contribution is -2.48. The fourth-order valence-corrected chi connectivity index (χ4v) is 3.49. The minimum Gasteiger partial charge on any atom is -0.465 e. The molecule has 1 amide bonds. The van der Waals surface area contributed by atoms with Crippen molar-refractivity contribution in [3.05, 3.63) is 42.2 Å². The summed E-state index contributed by atoms with van der Waals surface area (Å²) >= 11 is 0. The Morgan fingerprint density at radius 1 is 1.23 bits per heavy atom. The van der Waals surface area contributed by atoms with E-state index in [1.807, 2.05) is 4.90 Å². The number of nitrogens with zero attached hydrogens (tertiary/aromatic N) is 4. The van der Waals surface area contributed by atoms with Gasteiger partial charge in [-0.15, -0.1) is 13.2 Å². The van der Waals surface area contributed by atoms with Gasteiger partial charge >= 0.3 is 12.5 Å². The van der Waals surface area contributed by atoms with E-state index in [1.165, 1.54) is 16.8 Å². The van der Waals surface area contributed by atoms with Crippen LogP contribution < -0.4 is 15.0 Å². The van der Waals surface area contributed by atoms with Crippen LogP contribution in [-0.4, -0.2) is 57.1 Å². The maximum absolute atomic E-state index is 12.4. The molecular formula is C19H18F3N5O4. The molecule has 1 aliphatic rings. The second-order valence-electron chi connectivity index (χ2n) is 7.04. The van der Waals surface area contributed by atoms with Gasteiger partial charge in [-0.25, -0.2) is 14.5 Å². The van der Waals surface area contributed by atoms with Gasteiger partial charge in [0.05, 0.1) is 29.0 Å². The number of alkyl halides is 3. The summed E-state index contributed by atoms with van der Waals surface area (Å²) in [6.45, 7) is 1.26. The van der Waals surface area contributed by atoms with Gasteiger partial charge in [-0.2, -0.15) is 5.10 Å². The number of aliphatic hydroxyl groups is 1. The van der Waals surface area contributed by atoms with Crippen LogP contribution in [0.25, 0.3) is 16.7 Å². The highest BCUT2D eigenvalue weighted by atomic mass is 19.4. The number of aromatic nitrogens is 3. The number of carboxylic acid groups (broad SMARTS) is 1. The predicted octanol–water partition coefficient (Wildman–Crippen LogP) is 2.52. The molecule has 0 unspecified atom stereocenters. The molecule has 1 saturated heterocycles. The number of amides is 1. The number of aliphatic hydroxyl groups excluding tert-OH is 1. The fourth-order valence-electron chi connectivity index (χ4n) is 3.49. The highest BCUT2D eigenvalue weighted by Crippen LogP contribution is 2.34. The number of fused-ring (bicyclic) bond motifs is 1. The van der Waals surface area contributed by atoms with Crippen molar-refractivity contribution in [2.24, 2.45) is 5.92 Å². The minimum atomic E-state index is -4.80. The second kappa shape index (κ2) is 7.95. The highest BCUT2D eigenvalue weighted by molar-refractivity contribution is 5.93. The maximum Gasteiger partial charge on any atom is 0.573 e. The summed E-state index contributed by atoms with van der Waals surface area (Å²) in [6.07, 6.45) is -4.43. The molecule has 0 spiro atoms. The first kappa shape index (κ1) is 20.7. The summed E-state index contributed by atoms with van der Waals surface area (Å²) in [5.74, 6) is -0.218. The van der Waals surface area contributed by atoms with Gasteiger partial charge in [0.25, 0.3) is 0 Å². The van der Waals surface area contributed by atoms with Crippen LogP contribution in [0.4, 0.5) is 23.7 Å². The lowest BCUT2D eigenvalue weighted by atomic mass is 9.99.